The largest absolute Gasteiger partial charge is 0.305 e. The Bertz CT molecular complexity index is 745. The van der Waals surface area contributed by atoms with Crippen molar-refractivity contribution >= 4 is 23.2 Å². The number of hydrogen-bond acceptors (Lipinski definition) is 0. The maximum Gasteiger partial charge on any atom is 0.305 e. The highest BCUT2D eigenvalue weighted by molar-refractivity contribution is 7.95. The van der Waals surface area contributed by atoms with E-state index in [0.717, 1.165) is 15.9 Å². The summed E-state index contributed by atoms with van der Waals surface area (Å²) in [5, 5.41) is 2.64. The Kier molecular flexibility index (Phi) is 5.35. The van der Waals surface area contributed by atoms with Crippen molar-refractivity contribution in [3.8, 4) is 0 Å². The molecule has 126 valence electrons. The number of rotatable bonds is 5. The summed E-state index contributed by atoms with van der Waals surface area (Å²) in [6.07, 6.45) is -2.57. The van der Waals surface area contributed by atoms with Crippen molar-refractivity contribution in [1.29, 1.82) is 0 Å². The number of hydrogen-bond donors (Lipinski definition) is 0. The van der Waals surface area contributed by atoms with E-state index in [0.29, 0.717) is 0 Å². The van der Waals surface area contributed by atoms with Crippen molar-refractivity contribution in [2.75, 3.05) is 6.16 Å². The minimum absolute atomic E-state index is 0.326. The topological polar surface area (TPSA) is 0 Å². The third-order valence-electron chi connectivity index (χ3n) is 4.17. The number of benzene rings is 3. The van der Waals surface area contributed by atoms with Crippen molar-refractivity contribution in [3.05, 3.63) is 103 Å². The van der Waals surface area contributed by atoms with Crippen molar-refractivity contribution < 1.29 is 13.2 Å². The van der Waals surface area contributed by atoms with Crippen LogP contribution in [-0.4, -0.2) is 6.16 Å². The van der Waals surface area contributed by atoms with Crippen molar-refractivity contribution in [2.45, 2.75) is 0 Å². The predicted octanol–water partition coefficient (Wildman–Crippen LogP) is 5.06. The fourth-order valence-electron chi connectivity index (χ4n) is 3.04. The highest BCUT2D eigenvalue weighted by Gasteiger charge is 2.47. The molecule has 0 amide bonds. The second-order valence-corrected chi connectivity index (χ2v) is 9.12. The van der Waals surface area contributed by atoms with E-state index in [4.69, 9.17) is 0 Å². The molecule has 0 heterocycles. The lowest BCUT2D eigenvalue weighted by molar-refractivity contribution is 0.381. The van der Waals surface area contributed by atoms with Crippen LogP contribution in [0.4, 0.5) is 13.2 Å². The second-order valence-electron chi connectivity index (χ2n) is 5.64. The Morgan fingerprint density at radius 1 is 0.560 bits per heavy atom. The molecule has 0 atom stereocenters. The molecule has 0 bridgehead atoms. The molecule has 0 saturated carbocycles. The molecule has 0 aliphatic carbocycles. The van der Waals surface area contributed by atoms with Crippen LogP contribution in [0.5, 0.6) is 0 Å². The summed E-state index contributed by atoms with van der Waals surface area (Å²) in [7, 11) is -2.58. The van der Waals surface area contributed by atoms with Gasteiger partial charge in [-0.3, -0.25) is 0 Å². The molecule has 0 radical (unpaired) electrons. The highest BCUT2D eigenvalue weighted by atomic mass is 31.2. The summed E-state index contributed by atoms with van der Waals surface area (Å²) in [6, 6.07) is 28.2. The zero-order valence-electron chi connectivity index (χ0n) is 13.4. The van der Waals surface area contributed by atoms with Gasteiger partial charge in [-0.05, 0) is 36.4 Å². The maximum atomic E-state index is 14.2. The number of allylic oxidation sites excluding steroid dienone is 1. The Balaban J connectivity index is 2.34. The lowest BCUT2D eigenvalue weighted by atomic mass is 10.4. The van der Waals surface area contributed by atoms with E-state index in [1.54, 1.807) is 0 Å². The molecule has 0 aliphatic heterocycles. The SMILES string of the molecule is FC(F)=C(F)C[P+](c1ccccc1)(c1ccccc1)c1ccccc1. The molecular weight excluding hydrogens is 340 g/mol. The quantitative estimate of drug-likeness (QED) is 0.560. The lowest BCUT2D eigenvalue weighted by Gasteiger charge is -2.26. The first-order valence-corrected chi connectivity index (χ1v) is 9.86. The lowest BCUT2D eigenvalue weighted by Crippen LogP contribution is -2.33. The van der Waals surface area contributed by atoms with E-state index in [1.807, 2.05) is 91.0 Å². The van der Waals surface area contributed by atoms with Gasteiger partial charge in [0, 0.05) is 0 Å². The standard InChI is InChI=1S/C21H17F3P/c22-20(21(23)24)16-25(17-10-4-1-5-11-17,18-12-6-2-7-13-18)19-14-8-3-9-15-19/h1-15H,16H2/q+1. The van der Waals surface area contributed by atoms with Gasteiger partial charge in [-0.1, -0.05) is 54.6 Å². The molecule has 3 aromatic carbocycles. The van der Waals surface area contributed by atoms with Crippen LogP contribution in [-0.2, 0) is 0 Å². The fourth-order valence-corrected chi connectivity index (χ4v) is 7.06. The first-order chi connectivity index (χ1) is 12.1. The minimum Gasteiger partial charge on any atom is -0.202 e. The molecule has 0 fully saturated rings. The van der Waals surface area contributed by atoms with Crippen molar-refractivity contribution in [2.24, 2.45) is 0 Å². The van der Waals surface area contributed by atoms with E-state index in [-0.39, 0.29) is 6.16 Å². The number of halogens is 3. The smallest absolute Gasteiger partial charge is 0.202 e. The molecule has 0 spiro atoms. The van der Waals surface area contributed by atoms with Crippen LogP contribution < -0.4 is 15.9 Å². The van der Waals surface area contributed by atoms with E-state index >= 15 is 0 Å². The summed E-state index contributed by atoms with van der Waals surface area (Å²) < 4.78 is 40.3. The van der Waals surface area contributed by atoms with Crippen LogP contribution in [0.15, 0.2) is 103 Å². The average Bonchev–Trinajstić information content (AvgIpc) is 2.68. The molecule has 0 aliphatic rings. The molecule has 3 aromatic rings. The monoisotopic (exact) mass is 357 g/mol. The van der Waals surface area contributed by atoms with E-state index in [1.165, 1.54) is 0 Å². The molecule has 3 rings (SSSR count). The fraction of sp³-hybridized carbons (Fsp3) is 0.0476. The third kappa shape index (κ3) is 3.52. The van der Waals surface area contributed by atoms with Crippen LogP contribution in [0, 0.1) is 0 Å². The Morgan fingerprint density at radius 2 is 0.880 bits per heavy atom. The molecule has 0 aromatic heterocycles. The van der Waals surface area contributed by atoms with Crippen LogP contribution in [0.25, 0.3) is 0 Å². The zero-order valence-corrected chi connectivity index (χ0v) is 14.3. The summed E-state index contributed by atoms with van der Waals surface area (Å²) >= 11 is 0. The van der Waals surface area contributed by atoms with Gasteiger partial charge in [0.05, 0.1) is 0 Å². The Labute approximate surface area is 146 Å². The zero-order chi connectivity index (χ0) is 17.7. The molecule has 0 unspecified atom stereocenters. The molecule has 0 N–H and O–H groups in total. The molecule has 0 nitrogen and oxygen atoms in total. The van der Waals surface area contributed by atoms with Crippen LogP contribution >= 0.6 is 7.26 Å². The van der Waals surface area contributed by atoms with Gasteiger partial charge < -0.3 is 0 Å². The first kappa shape index (κ1) is 17.4. The predicted molar refractivity (Wildman–Crippen MR) is 100 cm³/mol. The van der Waals surface area contributed by atoms with Crippen LogP contribution in [0.2, 0.25) is 0 Å². The molecule has 25 heavy (non-hydrogen) atoms. The first-order valence-electron chi connectivity index (χ1n) is 7.89. The summed E-state index contributed by atoms with van der Waals surface area (Å²) in [4.78, 5) is 0. The normalized spacial score (nSPS) is 11.2. The van der Waals surface area contributed by atoms with Crippen molar-refractivity contribution in [3.63, 3.8) is 0 Å². The van der Waals surface area contributed by atoms with Crippen LogP contribution in [0.1, 0.15) is 0 Å². The van der Waals surface area contributed by atoms with E-state index in [2.05, 4.69) is 0 Å². The third-order valence-corrected chi connectivity index (χ3v) is 8.46. The minimum atomic E-state index is -2.58. The Hall–Kier alpha value is -2.38. The van der Waals surface area contributed by atoms with Gasteiger partial charge in [0.15, 0.2) is 0 Å². The van der Waals surface area contributed by atoms with Gasteiger partial charge >= 0.3 is 6.08 Å². The van der Waals surface area contributed by atoms with Gasteiger partial charge in [0.2, 0.25) is 5.83 Å². The summed E-state index contributed by atoms with van der Waals surface area (Å²) in [5.74, 6) is -1.34. The molecule has 0 saturated heterocycles. The second kappa shape index (κ2) is 7.67. The molecular formula is C21H17F3P+. The summed E-state index contributed by atoms with van der Waals surface area (Å²) in [5.41, 5.74) is 0. The Morgan fingerprint density at radius 3 is 1.16 bits per heavy atom. The van der Waals surface area contributed by atoms with Gasteiger partial charge in [-0.2, -0.15) is 8.78 Å². The van der Waals surface area contributed by atoms with Gasteiger partial charge in [-0.15, -0.1) is 0 Å². The van der Waals surface area contributed by atoms with Gasteiger partial charge in [-0.25, -0.2) is 4.39 Å². The van der Waals surface area contributed by atoms with E-state index < -0.39 is 19.2 Å². The van der Waals surface area contributed by atoms with Gasteiger partial charge in [0.1, 0.15) is 29.3 Å². The maximum absolute atomic E-state index is 14.2. The van der Waals surface area contributed by atoms with E-state index in [9.17, 15) is 13.2 Å². The van der Waals surface area contributed by atoms with Crippen LogP contribution in [0.3, 0.4) is 0 Å². The van der Waals surface area contributed by atoms with Gasteiger partial charge in [0.25, 0.3) is 0 Å². The highest BCUT2D eigenvalue weighted by Crippen LogP contribution is 2.57. The average molecular weight is 357 g/mol. The summed E-state index contributed by atoms with van der Waals surface area (Å²) in [6.45, 7) is 0. The molecule has 4 heteroatoms. The van der Waals surface area contributed by atoms with Crippen molar-refractivity contribution in [1.82, 2.24) is 0 Å².